The topological polar surface area (TPSA) is 279 Å². The van der Waals surface area contributed by atoms with Gasteiger partial charge in [0.1, 0.15) is 5.92 Å². The molecule has 70 heavy (non-hydrogen) atoms. The van der Waals surface area contributed by atoms with Crippen LogP contribution in [-0.2, 0) is 23.9 Å². The third-order valence-electron chi connectivity index (χ3n) is 6.95. The second-order valence-corrected chi connectivity index (χ2v) is 15.2. The van der Waals surface area contributed by atoms with Crippen molar-refractivity contribution in [3.05, 3.63) is 0 Å². The molecule has 1 aliphatic heterocycles. The summed E-state index contributed by atoms with van der Waals surface area (Å²) in [6.07, 6.45) is 2.98. The van der Waals surface area contributed by atoms with Gasteiger partial charge < -0.3 is 46.5 Å². The quantitative estimate of drug-likeness (QED) is 0.0323. The Kier molecular flexibility index (Phi) is 83.4. The van der Waals surface area contributed by atoms with Crippen molar-refractivity contribution in [1.29, 1.82) is 0 Å². The van der Waals surface area contributed by atoms with Crippen molar-refractivity contribution < 1.29 is 52.9 Å². The zero-order valence-corrected chi connectivity index (χ0v) is 48.3. The minimum Gasteiger partial charge on any atom is -0.481 e. The lowest BCUT2D eigenvalue weighted by atomic mass is 10.2. The Morgan fingerprint density at radius 2 is 1.06 bits per heavy atom. The number of nitrogens with zero attached hydrogens (tertiary/aromatic N) is 4. The Balaban J connectivity index is -0.000000104. The van der Waals surface area contributed by atoms with Crippen LogP contribution in [0.25, 0.3) is 0 Å². The standard InChI is InChI=1S/C6H10N2O2.C6H11NO3.C6H14S.C5H12N2O.C5H10N2.C5H11NO2.C5H11NOS.C5H11NO.C4H10O/c1-3-7-5(9)8(4-2)6(7)10;1-3-7-5(8)4(2)6(9)10;1-3-5-6-7-4-2;1-3-6-5(8)7-4-2;1-3-6-5-7-4-2;2*1-3-6-5(7)8-4-2;1-3-5(7)6-4-2;1-3-5-4-2/h3-4H2,1-2H3;4H,3H2,1-2H3,(H,7,8)(H,9,10);3-6H2,1-2H3;3-4H2,1-2H3,(H2,6,7,8);3-4H2,1-2H3;2*3-4H2,1-2H3,(H,6,7);3-4H2,1-2H3,(H,6,7);3-4H2,1-2H3. The maximum Gasteiger partial charge on any atom is 0.407 e. The summed E-state index contributed by atoms with van der Waals surface area (Å²) in [5.41, 5.74) is 0. The smallest absolute Gasteiger partial charge is 0.407 e. The number of carboxylic acid groups (broad SMARTS) is 1. The molecular formula is C47H100N10O11S2. The highest BCUT2D eigenvalue weighted by atomic mass is 32.2. The molecule has 7 N–H and O–H groups in total. The van der Waals surface area contributed by atoms with Crippen LogP contribution in [-0.4, -0.2) is 171 Å². The number of unbranched alkanes of at least 4 members (excludes halogenated alkanes) is 1. The molecule has 1 unspecified atom stereocenters. The minimum absolute atomic E-state index is 0.0787. The number of aliphatic carboxylic acids is 1. The van der Waals surface area contributed by atoms with Gasteiger partial charge in [0.15, 0.2) is 0 Å². The summed E-state index contributed by atoms with van der Waals surface area (Å²) in [7, 11) is 0. The van der Waals surface area contributed by atoms with E-state index in [4.69, 9.17) is 9.84 Å². The highest BCUT2D eigenvalue weighted by Gasteiger charge is 2.40. The highest BCUT2D eigenvalue weighted by Crippen LogP contribution is 2.14. The van der Waals surface area contributed by atoms with E-state index < -0.39 is 17.8 Å². The predicted octanol–water partition coefficient (Wildman–Crippen LogP) is 8.59. The third kappa shape index (κ3) is 70.0. The summed E-state index contributed by atoms with van der Waals surface area (Å²) in [4.78, 5) is 94.0. The Bertz CT molecular complexity index is 1180. The first-order valence-electron chi connectivity index (χ1n) is 24.8. The molecule has 0 bridgehead atoms. The van der Waals surface area contributed by atoms with Crippen LogP contribution in [0, 0.1) is 5.92 Å². The first-order valence-corrected chi connectivity index (χ1v) is 26.9. The lowest BCUT2D eigenvalue weighted by molar-refractivity contribution is -0.146. The zero-order chi connectivity index (χ0) is 56.0. The van der Waals surface area contributed by atoms with Gasteiger partial charge in [0.05, 0.1) is 12.6 Å². The molecule has 0 spiro atoms. The molecule has 0 aliphatic carbocycles. The molecular weight excluding hydrogens is 945 g/mol. The molecule has 0 aromatic carbocycles. The van der Waals surface area contributed by atoms with Crippen molar-refractivity contribution in [2.45, 2.75) is 144 Å². The number of urea groups is 3. The molecule has 0 aromatic rings. The highest BCUT2D eigenvalue weighted by molar-refractivity contribution is 8.13. The van der Waals surface area contributed by atoms with Gasteiger partial charge in [0.2, 0.25) is 11.8 Å². The molecule has 1 heterocycles. The third-order valence-corrected chi connectivity index (χ3v) is 8.63. The molecule has 0 radical (unpaired) electrons. The van der Waals surface area contributed by atoms with E-state index in [1.165, 1.54) is 52.8 Å². The maximum absolute atomic E-state index is 10.9. The number of hydrogen-bond donors (Lipinski definition) is 7. The normalized spacial score (nSPS) is 10.3. The van der Waals surface area contributed by atoms with Crippen LogP contribution >= 0.6 is 23.5 Å². The van der Waals surface area contributed by atoms with Gasteiger partial charge in [0.25, 0.3) is 5.24 Å². The van der Waals surface area contributed by atoms with Crippen LogP contribution < -0.4 is 31.9 Å². The second-order valence-electron chi connectivity index (χ2n) is 12.6. The molecule has 0 aromatic heterocycles. The van der Waals surface area contributed by atoms with E-state index in [0.717, 1.165) is 45.1 Å². The van der Waals surface area contributed by atoms with Crippen molar-refractivity contribution in [1.82, 2.24) is 41.7 Å². The molecule has 23 heteroatoms. The van der Waals surface area contributed by atoms with E-state index in [2.05, 4.69) is 66.5 Å². The van der Waals surface area contributed by atoms with E-state index in [1.807, 2.05) is 87.9 Å². The lowest BCUT2D eigenvalue weighted by Crippen LogP contribution is -2.63. The summed E-state index contributed by atoms with van der Waals surface area (Å²) in [6, 6.07) is 2.10. The number of nitrogens with one attached hydrogen (secondary N) is 6. The minimum atomic E-state index is -1.09. The zero-order valence-electron chi connectivity index (χ0n) is 46.6. The van der Waals surface area contributed by atoms with Crippen LogP contribution in [0.5, 0.6) is 0 Å². The molecule has 1 atom stereocenters. The van der Waals surface area contributed by atoms with E-state index in [1.54, 1.807) is 27.7 Å². The average Bonchev–Trinajstić information content (AvgIpc) is 3.32. The van der Waals surface area contributed by atoms with Crippen molar-refractivity contribution in [3.8, 4) is 0 Å². The number of aliphatic imine (C=N–C) groups is 2. The Labute approximate surface area is 432 Å². The van der Waals surface area contributed by atoms with Gasteiger partial charge in [-0.3, -0.25) is 19.2 Å². The number of imide groups is 2. The van der Waals surface area contributed by atoms with Gasteiger partial charge in [-0.05, 0) is 121 Å². The SMILES string of the molecule is CCCCSCC.CCN1C(=O)N(CC)C1=O.CCN=C=NCC.CCNC(=O)C(C)C(=O)O.CCNC(=O)CC.CCNC(=O)NCC.CCNC(=O)OCC.CCNC(=O)SCC.CCOCC. The molecule has 21 nitrogen and oxygen atoms in total. The number of carboxylic acids is 1. The number of carbonyl (C=O) groups excluding carboxylic acids is 7. The largest absolute Gasteiger partial charge is 0.481 e. The average molecular weight is 1050 g/mol. The predicted molar refractivity (Wildman–Crippen MR) is 292 cm³/mol. The summed E-state index contributed by atoms with van der Waals surface area (Å²) in [5, 5.41) is 23.8. The number of ether oxygens (including phenoxy) is 2. The Morgan fingerprint density at radius 1 is 0.614 bits per heavy atom. The number of hydrogen-bond acceptors (Lipinski definition) is 14. The fraction of sp³-hybridized carbons (Fsp3) is 0.809. The van der Waals surface area contributed by atoms with Crippen molar-refractivity contribution in [2.75, 3.05) is 103 Å². The van der Waals surface area contributed by atoms with Crippen LogP contribution in [0.4, 0.5) is 24.0 Å². The van der Waals surface area contributed by atoms with Crippen molar-refractivity contribution in [2.24, 2.45) is 15.9 Å². The molecule has 1 saturated heterocycles. The number of thioether (sulfide) groups is 2. The summed E-state index contributed by atoms with van der Waals surface area (Å²) in [6.45, 7) is 42.6. The van der Waals surface area contributed by atoms with Gasteiger partial charge in [-0.2, -0.15) is 11.8 Å². The number of alkyl carbamates (subject to hydrolysis) is 1. The molecule has 416 valence electrons. The fourth-order valence-corrected chi connectivity index (χ4v) is 4.83. The van der Waals surface area contributed by atoms with Crippen molar-refractivity contribution in [3.63, 3.8) is 0 Å². The molecule has 1 aliphatic rings. The van der Waals surface area contributed by atoms with Gasteiger partial charge in [0, 0.05) is 85.1 Å². The first kappa shape index (κ1) is 82.3. The summed E-state index contributed by atoms with van der Waals surface area (Å²) >= 11 is 3.34. The van der Waals surface area contributed by atoms with Gasteiger partial charge in [-0.25, -0.2) is 39.0 Å². The van der Waals surface area contributed by atoms with E-state index in [-0.39, 0.29) is 35.3 Å². The van der Waals surface area contributed by atoms with Crippen molar-refractivity contribution >= 4 is 76.7 Å². The fourth-order valence-electron chi connectivity index (χ4n) is 3.54. The summed E-state index contributed by atoms with van der Waals surface area (Å²) in [5.74, 6) is 1.14. The van der Waals surface area contributed by atoms with Crippen LogP contribution in [0.2, 0.25) is 0 Å². The van der Waals surface area contributed by atoms with Crippen LogP contribution in [0.1, 0.15) is 144 Å². The second kappa shape index (κ2) is 71.0. The Hall–Kier alpha value is -4.60. The first-order chi connectivity index (χ1) is 33.3. The molecule has 0 saturated carbocycles. The number of amides is 10. The maximum atomic E-state index is 10.9. The summed E-state index contributed by atoms with van der Waals surface area (Å²) < 4.78 is 9.37. The lowest BCUT2D eigenvalue weighted by Gasteiger charge is -2.37. The molecule has 1 rings (SSSR count). The van der Waals surface area contributed by atoms with E-state index >= 15 is 0 Å². The van der Waals surface area contributed by atoms with Gasteiger partial charge >= 0.3 is 30.2 Å². The van der Waals surface area contributed by atoms with Gasteiger partial charge in [-0.15, -0.1) is 0 Å². The molecule has 10 amide bonds. The number of carbonyl (C=O) groups is 8. The van der Waals surface area contributed by atoms with Crippen LogP contribution in [0.3, 0.4) is 0 Å². The monoisotopic (exact) mass is 1040 g/mol. The Morgan fingerprint density at radius 3 is 1.33 bits per heavy atom. The van der Waals surface area contributed by atoms with Gasteiger partial charge in [-0.1, -0.05) is 45.9 Å². The van der Waals surface area contributed by atoms with Crippen LogP contribution in [0.15, 0.2) is 9.98 Å². The number of rotatable bonds is 21. The van der Waals surface area contributed by atoms with E-state index in [0.29, 0.717) is 52.3 Å². The van der Waals surface area contributed by atoms with E-state index in [9.17, 15) is 38.4 Å². The molecule has 1 fully saturated rings.